The molecule has 0 atom stereocenters. The average molecular weight is 268 g/mol. The average Bonchev–Trinajstić information content (AvgIpc) is 2.24. The van der Waals surface area contributed by atoms with E-state index in [9.17, 15) is 18.0 Å². The summed E-state index contributed by atoms with van der Waals surface area (Å²) in [4.78, 5) is 14.9. The lowest BCUT2D eigenvalue weighted by atomic mass is 10.1. The molecule has 0 aliphatic carbocycles. The zero-order valence-electron chi connectivity index (χ0n) is 10.9. The molecule has 18 heavy (non-hydrogen) atoms. The van der Waals surface area contributed by atoms with E-state index in [1.807, 2.05) is 0 Å². The highest BCUT2D eigenvalue weighted by Crippen LogP contribution is 2.18. The Morgan fingerprint density at radius 3 is 2.00 bits per heavy atom. The van der Waals surface area contributed by atoms with E-state index in [2.05, 4.69) is 30.4 Å². The first-order valence-corrected chi connectivity index (χ1v) is 5.83. The van der Waals surface area contributed by atoms with E-state index in [-0.39, 0.29) is 5.54 Å². The molecule has 1 saturated heterocycles. The van der Waals surface area contributed by atoms with Gasteiger partial charge in [-0.2, -0.15) is 13.2 Å². The molecule has 0 radical (unpaired) electrons. The van der Waals surface area contributed by atoms with Gasteiger partial charge in [0.2, 0.25) is 0 Å². The van der Waals surface area contributed by atoms with Crippen LogP contribution in [0.5, 0.6) is 0 Å². The number of amides is 1. The number of nitrogens with zero attached hydrogens (tertiary/aromatic N) is 2. The van der Waals surface area contributed by atoms with Crippen molar-refractivity contribution in [3.05, 3.63) is 0 Å². The Balaban J connectivity index is 2.37. The summed E-state index contributed by atoms with van der Waals surface area (Å²) in [5, 5.41) is 0. The largest absolute Gasteiger partial charge is 0.440 e. The van der Waals surface area contributed by atoms with E-state index >= 15 is 0 Å². The van der Waals surface area contributed by atoms with Gasteiger partial charge in [0.1, 0.15) is 0 Å². The van der Waals surface area contributed by atoms with Crippen LogP contribution in [0, 0.1) is 0 Å². The van der Waals surface area contributed by atoms with Gasteiger partial charge in [-0.15, -0.1) is 0 Å². The molecule has 1 amide bonds. The van der Waals surface area contributed by atoms with Gasteiger partial charge in [0, 0.05) is 31.7 Å². The molecule has 1 rings (SSSR count). The van der Waals surface area contributed by atoms with Crippen LogP contribution in [0.1, 0.15) is 20.8 Å². The zero-order chi connectivity index (χ0) is 14.0. The quantitative estimate of drug-likeness (QED) is 0.730. The van der Waals surface area contributed by atoms with Crippen molar-refractivity contribution in [3.8, 4) is 0 Å². The molecule has 4 nitrogen and oxygen atoms in total. The summed E-state index contributed by atoms with van der Waals surface area (Å²) in [5.74, 6) is 0. The summed E-state index contributed by atoms with van der Waals surface area (Å²) < 4.78 is 39.9. The maximum Gasteiger partial charge on any atom is 0.422 e. The fourth-order valence-electron chi connectivity index (χ4n) is 1.79. The Bertz CT molecular complexity index is 292. The number of piperazine rings is 1. The Labute approximate surface area is 105 Å². The van der Waals surface area contributed by atoms with Crippen LogP contribution in [0.25, 0.3) is 0 Å². The van der Waals surface area contributed by atoms with E-state index in [1.54, 1.807) is 0 Å². The second-order valence-electron chi connectivity index (χ2n) is 5.31. The second kappa shape index (κ2) is 5.34. The van der Waals surface area contributed by atoms with E-state index in [0.717, 1.165) is 0 Å². The van der Waals surface area contributed by atoms with E-state index in [1.165, 1.54) is 4.90 Å². The van der Waals surface area contributed by atoms with E-state index in [0.29, 0.717) is 26.2 Å². The molecule has 0 spiro atoms. The predicted octanol–water partition coefficient (Wildman–Crippen LogP) is 2.10. The summed E-state index contributed by atoms with van der Waals surface area (Å²) in [6.07, 6.45) is -5.36. The van der Waals surface area contributed by atoms with Gasteiger partial charge in [-0.25, -0.2) is 4.79 Å². The Hall–Kier alpha value is -0.980. The highest BCUT2D eigenvalue weighted by molar-refractivity contribution is 5.67. The normalized spacial score (nSPS) is 18.9. The van der Waals surface area contributed by atoms with Crippen LogP contribution in [0.3, 0.4) is 0 Å². The summed E-state index contributed by atoms with van der Waals surface area (Å²) >= 11 is 0. The van der Waals surface area contributed by atoms with E-state index < -0.39 is 18.9 Å². The fourth-order valence-corrected chi connectivity index (χ4v) is 1.79. The number of alkyl halides is 3. The third kappa shape index (κ3) is 4.72. The van der Waals surface area contributed by atoms with Gasteiger partial charge in [-0.05, 0) is 20.8 Å². The van der Waals surface area contributed by atoms with Crippen LogP contribution in [0.15, 0.2) is 0 Å². The third-order valence-corrected chi connectivity index (χ3v) is 2.85. The van der Waals surface area contributed by atoms with Crippen molar-refractivity contribution >= 4 is 6.09 Å². The first-order valence-electron chi connectivity index (χ1n) is 5.83. The Kier molecular flexibility index (Phi) is 4.47. The minimum absolute atomic E-state index is 0.00195. The molecule has 0 aromatic rings. The van der Waals surface area contributed by atoms with Gasteiger partial charge in [0.25, 0.3) is 0 Å². The van der Waals surface area contributed by atoms with Crippen molar-refractivity contribution in [1.29, 1.82) is 0 Å². The van der Waals surface area contributed by atoms with Crippen molar-refractivity contribution in [3.63, 3.8) is 0 Å². The number of hydrogen-bond acceptors (Lipinski definition) is 3. The molecule has 106 valence electrons. The molecule has 0 saturated carbocycles. The fraction of sp³-hybridized carbons (Fsp3) is 0.909. The van der Waals surface area contributed by atoms with Crippen LogP contribution in [-0.4, -0.2) is 60.4 Å². The number of carbonyl (C=O) groups excluding carboxylic acids is 1. The van der Waals surface area contributed by atoms with Crippen LogP contribution in [-0.2, 0) is 4.74 Å². The SMILES string of the molecule is CC(C)(C)N1CCN(C(=O)OCC(F)(F)F)CC1. The van der Waals surface area contributed by atoms with Crippen LogP contribution < -0.4 is 0 Å². The van der Waals surface area contributed by atoms with Gasteiger partial charge in [0.15, 0.2) is 6.61 Å². The summed E-state index contributed by atoms with van der Waals surface area (Å²) in [7, 11) is 0. The van der Waals surface area contributed by atoms with Crippen molar-refractivity contribution < 1.29 is 22.7 Å². The van der Waals surface area contributed by atoms with Crippen molar-refractivity contribution in [2.75, 3.05) is 32.8 Å². The highest BCUT2D eigenvalue weighted by atomic mass is 19.4. The van der Waals surface area contributed by atoms with Gasteiger partial charge in [-0.3, -0.25) is 4.90 Å². The maximum absolute atomic E-state index is 11.9. The standard InChI is InChI=1S/C11H19F3N2O2/c1-10(2,3)16-6-4-15(5-7-16)9(17)18-8-11(12,13)14/h4-8H2,1-3H3. The molecule has 1 fully saturated rings. The first kappa shape index (κ1) is 15.1. The Morgan fingerprint density at radius 1 is 1.11 bits per heavy atom. The topological polar surface area (TPSA) is 32.8 Å². The van der Waals surface area contributed by atoms with Crippen molar-refractivity contribution in [2.45, 2.75) is 32.5 Å². The predicted molar refractivity (Wildman–Crippen MR) is 60.3 cm³/mol. The van der Waals surface area contributed by atoms with E-state index in [4.69, 9.17) is 0 Å². The number of hydrogen-bond donors (Lipinski definition) is 0. The summed E-state index contributed by atoms with van der Waals surface area (Å²) in [6, 6.07) is 0. The van der Waals surface area contributed by atoms with Gasteiger partial charge >= 0.3 is 12.3 Å². The third-order valence-electron chi connectivity index (χ3n) is 2.85. The smallest absolute Gasteiger partial charge is 0.422 e. The lowest BCUT2D eigenvalue weighted by Gasteiger charge is -2.41. The molecule has 0 aromatic carbocycles. The van der Waals surface area contributed by atoms with Crippen LogP contribution in [0.2, 0.25) is 0 Å². The van der Waals surface area contributed by atoms with Crippen molar-refractivity contribution in [2.24, 2.45) is 0 Å². The maximum atomic E-state index is 11.9. The van der Waals surface area contributed by atoms with Gasteiger partial charge in [-0.1, -0.05) is 0 Å². The minimum atomic E-state index is -4.47. The molecule has 0 aromatic heterocycles. The second-order valence-corrected chi connectivity index (χ2v) is 5.31. The summed E-state index contributed by atoms with van der Waals surface area (Å²) in [6.45, 7) is 6.74. The highest BCUT2D eigenvalue weighted by Gasteiger charge is 2.32. The molecule has 0 unspecified atom stereocenters. The molecule has 1 aliphatic rings. The number of rotatable bonds is 1. The number of ether oxygens (including phenoxy) is 1. The summed E-state index contributed by atoms with van der Waals surface area (Å²) in [5.41, 5.74) is 0.00195. The lowest BCUT2D eigenvalue weighted by Crippen LogP contribution is -2.54. The number of carbonyl (C=O) groups is 1. The van der Waals surface area contributed by atoms with Gasteiger partial charge in [0.05, 0.1) is 0 Å². The van der Waals surface area contributed by atoms with Crippen LogP contribution in [0.4, 0.5) is 18.0 Å². The number of halogens is 3. The molecule has 1 heterocycles. The van der Waals surface area contributed by atoms with Crippen molar-refractivity contribution in [1.82, 2.24) is 9.80 Å². The molecular weight excluding hydrogens is 249 g/mol. The minimum Gasteiger partial charge on any atom is -0.440 e. The zero-order valence-corrected chi connectivity index (χ0v) is 10.9. The molecule has 7 heteroatoms. The van der Waals surface area contributed by atoms with Gasteiger partial charge < -0.3 is 9.64 Å². The first-order chi connectivity index (χ1) is 8.09. The molecule has 0 bridgehead atoms. The van der Waals surface area contributed by atoms with Crippen LogP contribution >= 0.6 is 0 Å². The monoisotopic (exact) mass is 268 g/mol. The lowest BCUT2D eigenvalue weighted by molar-refractivity contribution is -0.162. The Morgan fingerprint density at radius 2 is 1.61 bits per heavy atom. The molecule has 1 aliphatic heterocycles. The molecular formula is C11H19F3N2O2. The molecule has 0 N–H and O–H groups in total.